The lowest BCUT2D eigenvalue weighted by Gasteiger charge is -2.31. The van der Waals surface area contributed by atoms with Crippen LogP contribution in [0.2, 0.25) is 5.02 Å². The average molecular weight is 422 g/mol. The zero-order valence-corrected chi connectivity index (χ0v) is 17.8. The fourth-order valence-corrected chi connectivity index (χ4v) is 5.08. The van der Waals surface area contributed by atoms with Crippen LogP contribution in [0, 0.1) is 13.8 Å². The molecule has 2 aromatic rings. The van der Waals surface area contributed by atoms with Gasteiger partial charge in [0.2, 0.25) is 10.0 Å². The Hall–Kier alpha value is -1.93. The van der Waals surface area contributed by atoms with Crippen molar-refractivity contribution in [1.29, 1.82) is 0 Å². The molecule has 1 fully saturated rings. The van der Waals surface area contributed by atoms with E-state index in [-0.39, 0.29) is 21.4 Å². The van der Waals surface area contributed by atoms with Gasteiger partial charge in [0, 0.05) is 37.4 Å². The van der Waals surface area contributed by atoms with Crippen molar-refractivity contribution in [3.05, 3.63) is 58.1 Å². The highest BCUT2D eigenvalue weighted by Crippen LogP contribution is 2.27. The maximum atomic E-state index is 13.0. The quantitative estimate of drug-likeness (QED) is 0.823. The van der Waals surface area contributed by atoms with Crippen molar-refractivity contribution in [3.8, 4) is 0 Å². The summed E-state index contributed by atoms with van der Waals surface area (Å²) in [6.45, 7) is 6.00. The molecule has 0 atom stereocenters. The van der Waals surface area contributed by atoms with E-state index in [1.165, 1.54) is 22.5 Å². The normalized spacial score (nSPS) is 16.1. The number of carbonyl (C=O) groups excluding carboxylic acids is 1. The van der Waals surface area contributed by atoms with E-state index < -0.39 is 10.0 Å². The van der Waals surface area contributed by atoms with Gasteiger partial charge >= 0.3 is 0 Å². The molecule has 3 rings (SSSR count). The molecule has 1 aliphatic rings. The molecule has 1 saturated heterocycles. The van der Waals surface area contributed by atoms with E-state index in [4.69, 9.17) is 11.6 Å². The van der Waals surface area contributed by atoms with Gasteiger partial charge in [-0.3, -0.25) is 4.79 Å². The first-order chi connectivity index (χ1) is 13.2. The summed E-state index contributed by atoms with van der Waals surface area (Å²) < 4.78 is 27.5. The number of sulfonamides is 1. The Bertz CT molecular complexity index is 1000. The molecule has 0 aromatic heterocycles. The van der Waals surface area contributed by atoms with Gasteiger partial charge < -0.3 is 10.2 Å². The SMILES string of the molecule is Cc1ccc(NC(=O)c2ccc(Cl)c(S(=O)(=O)N3CCN(C)CC3)c2)c(C)c1. The fraction of sp³-hybridized carbons (Fsp3) is 0.350. The van der Waals surface area contributed by atoms with Crippen molar-refractivity contribution in [2.45, 2.75) is 18.7 Å². The molecule has 0 bridgehead atoms. The van der Waals surface area contributed by atoms with Crippen LogP contribution in [0.25, 0.3) is 0 Å². The third-order valence-corrected chi connectivity index (χ3v) is 7.28. The van der Waals surface area contributed by atoms with E-state index >= 15 is 0 Å². The van der Waals surface area contributed by atoms with E-state index in [0.29, 0.717) is 31.9 Å². The van der Waals surface area contributed by atoms with Crippen LogP contribution >= 0.6 is 11.6 Å². The minimum absolute atomic E-state index is 0.0352. The van der Waals surface area contributed by atoms with E-state index in [1.807, 2.05) is 39.1 Å². The van der Waals surface area contributed by atoms with Crippen LogP contribution in [0.5, 0.6) is 0 Å². The van der Waals surface area contributed by atoms with Gasteiger partial charge in [-0.2, -0.15) is 4.31 Å². The molecule has 1 aliphatic heterocycles. The molecular weight excluding hydrogens is 398 g/mol. The third kappa shape index (κ3) is 4.38. The minimum Gasteiger partial charge on any atom is -0.322 e. The number of halogens is 1. The second-order valence-corrected chi connectivity index (χ2v) is 9.44. The fourth-order valence-electron chi connectivity index (χ4n) is 3.16. The van der Waals surface area contributed by atoms with Crippen LogP contribution in [0.15, 0.2) is 41.3 Å². The summed E-state index contributed by atoms with van der Waals surface area (Å²) >= 11 is 6.19. The van der Waals surface area contributed by atoms with Crippen LogP contribution in [-0.4, -0.2) is 56.8 Å². The van der Waals surface area contributed by atoms with Crippen molar-refractivity contribution >= 4 is 33.2 Å². The lowest BCUT2D eigenvalue weighted by Crippen LogP contribution is -2.47. The third-order valence-electron chi connectivity index (χ3n) is 4.90. The molecular formula is C20H24ClN3O3S. The summed E-state index contributed by atoms with van der Waals surface area (Å²) in [6.07, 6.45) is 0. The van der Waals surface area contributed by atoms with Gasteiger partial charge in [-0.25, -0.2) is 8.42 Å². The Morgan fingerprint density at radius 2 is 1.71 bits per heavy atom. The van der Waals surface area contributed by atoms with Crippen molar-refractivity contribution in [2.24, 2.45) is 0 Å². The van der Waals surface area contributed by atoms with Gasteiger partial charge in [0.1, 0.15) is 4.90 Å². The van der Waals surface area contributed by atoms with Gasteiger partial charge in [0.15, 0.2) is 0 Å². The van der Waals surface area contributed by atoms with Gasteiger partial charge in [0.25, 0.3) is 5.91 Å². The summed E-state index contributed by atoms with van der Waals surface area (Å²) in [5, 5.41) is 2.95. The van der Waals surface area contributed by atoms with E-state index in [0.717, 1.165) is 11.1 Å². The number of anilines is 1. The molecule has 1 heterocycles. The number of hydrogen-bond acceptors (Lipinski definition) is 4. The first-order valence-corrected chi connectivity index (χ1v) is 10.9. The summed E-state index contributed by atoms with van der Waals surface area (Å²) in [6, 6.07) is 10.1. The second kappa shape index (κ2) is 8.21. The number of piperazine rings is 1. The van der Waals surface area contributed by atoms with Gasteiger partial charge in [-0.05, 0) is 50.7 Å². The lowest BCUT2D eigenvalue weighted by molar-refractivity contribution is 0.102. The zero-order chi connectivity index (χ0) is 20.5. The van der Waals surface area contributed by atoms with E-state index in [9.17, 15) is 13.2 Å². The molecule has 0 radical (unpaired) electrons. The molecule has 1 N–H and O–H groups in total. The van der Waals surface area contributed by atoms with Crippen LogP contribution in [-0.2, 0) is 10.0 Å². The Balaban J connectivity index is 1.87. The molecule has 2 aromatic carbocycles. The van der Waals surface area contributed by atoms with E-state index in [2.05, 4.69) is 10.2 Å². The standard InChI is InChI=1S/C20H24ClN3O3S/c1-14-4-7-18(15(2)12-14)22-20(25)16-5-6-17(21)19(13-16)28(26,27)24-10-8-23(3)9-11-24/h4-7,12-13H,8-11H2,1-3H3,(H,22,25). The maximum Gasteiger partial charge on any atom is 0.255 e. The van der Waals surface area contributed by atoms with Crippen molar-refractivity contribution < 1.29 is 13.2 Å². The molecule has 150 valence electrons. The molecule has 8 heteroatoms. The highest BCUT2D eigenvalue weighted by Gasteiger charge is 2.30. The summed E-state index contributed by atoms with van der Waals surface area (Å²) in [7, 11) is -1.81. The molecule has 28 heavy (non-hydrogen) atoms. The zero-order valence-electron chi connectivity index (χ0n) is 16.2. The highest BCUT2D eigenvalue weighted by molar-refractivity contribution is 7.89. The number of rotatable bonds is 4. The number of aryl methyl sites for hydroxylation is 2. The molecule has 0 spiro atoms. The second-order valence-electron chi connectivity index (χ2n) is 7.13. The highest BCUT2D eigenvalue weighted by atomic mass is 35.5. The molecule has 1 amide bonds. The smallest absolute Gasteiger partial charge is 0.255 e. The van der Waals surface area contributed by atoms with Crippen LogP contribution in [0.3, 0.4) is 0 Å². The van der Waals surface area contributed by atoms with Gasteiger partial charge in [-0.15, -0.1) is 0 Å². The first kappa shape index (κ1) is 20.8. The lowest BCUT2D eigenvalue weighted by atomic mass is 10.1. The number of carbonyl (C=O) groups is 1. The molecule has 0 unspecified atom stereocenters. The summed E-state index contributed by atoms with van der Waals surface area (Å²) in [5.41, 5.74) is 2.97. The topological polar surface area (TPSA) is 69.7 Å². The molecule has 0 saturated carbocycles. The minimum atomic E-state index is -3.76. The summed E-state index contributed by atoms with van der Waals surface area (Å²) in [4.78, 5) is 14.7. The van der Waals surface area contributed by atoms with Crippen molar-refractivity contribution in [1.82, 2.24) is 9.21 Å². The number of nitrogens with zero attached hydrogens (tertiary/aromatic N) is 2. The molecule has 6 nitrogen and oxygen atoms in total. The number of likely N-dealkylation sites (N-methyl/N-ethyl adjacent to an activating group) is 1. The van der Waals surface area contributed by atoms with Gasteiger partial charge in [0.05, 0.1) is 5.02 Å². The van der Waals surface area contributed by atoms with Gasteiger partial charge in [-0.1, -0.05) is 29.3 Å². The number of benzene rings is 2. The predicted molar refractivity (Wildman–Crippen MR) is 112 cm³/mol. The largest absolute Gasteiger partial charge is 0.322 e. The Labute approximate surface area is 171 Å². The number of nitrogens with one attached hydrogen (secondary N) is 1. The average Bonchev–Trinajstić information content (AvgIpc) is 2.64. The van der Waals surface area contributed by atoms with Crippen LogP contribution < -0.4 is 5.32 Å². The summed E-state index contributed by atoms with van der Waals surface area (Å²) in [5.74, 6) is -0.376. The number of hydrogen-bond donors (Lipinski definition) is 1. The molecule has 0 aliphatic carbocycles. The Morgan fingerprint density at radius 1 is 1.04 bits per heavy atom. The monoisotopic (exact) mass is 421 g/mol. The Morgan fingerprint density at radius 3 is 2.36 bits per heavy atom. The van der Waals surface area contributed by atoms with Crippen molar-refractivity contribution in [2.75, 3.05) is 38.5 Å². The maximum absolute atomic E-state index is 13.0. The number of amides is 1. The van der Waals surface area contributed by atoms with Crippen LogP contribution in [0.1, 0.15) is 21.5 Å². The van der Waals surface area contributed by atoms with Crippen LogP contribution in [0.4, 0.5) is 5.69 Å². The first-order valence-electron chi connectivity index (χ1n) is 9.05. The van der Waals surface area contributed by atoms with E-state index in [1.54, 1.807) is 0 Å². The Kier molecular flexibility index (Phi) is 6.09. The van der Waals surface area contributed by atoms with Crippen molar-refractivity contribution in [3.63, 3.8) is 0 Å². The predicted octanol–water partition coefficient (Wildman–Crippen LogP) is 3.15.